The van der Waals surface area contributed by atoms with Gasteiger partial charge in [-0.25, -0.2) is 0 Å². The molecule has 4 heteroatoms. The second kappa shape index (κ2) is 4.19. The van der Waals surface area contributed by atoms with Gasteiger partial charge in [0, 0.05) is 25.1 Å². The lowest BCUT2D eigenvalue weighted by Gasteiger charge is -2.19. The van der Waals surface area contributed by atoms with E-state index < -0.39 is 0 Å². The topological polar surface area (TPSA) is 47.8 Å². The number of Topliss-reactive ketones (excluding diaryl/α,β-unsaturated/α-hetero) is 1. The van der Waals surface area contributed by atoms with Crippen LogP contribution < -0.4 is 0 Å². The van der Waals surface area contributed by atoms with E-state index in [0.717, 1.165) is 41.6 Å². The van der Waals surface area contributed by atoms with Gasteiger partial charge in [-0.2, -0.15) is 5.10 Å². The lowest BCUT2D eigenvalue weighted by molar-refractivity contribution is -0.121. The molecule has 0 aliphatic heterocycles. The predicted octanol–water partition coefficient (Wildman–Crippen LogP) is 2.50. The number of hydrogen-bond acceptors (Lipinski definition) is 3. The van der Waals surface area contributed by atoms with Gasteiger partial charge in [-0.1, -0.05) is 6.42 Å². The Morgan fingerprint density at radius 2 is 2.22 bits per heavy atom. The molecule has 1 aliphatic carbocycles. The number of carbonyl (C=O) groups excluding carboxylic acids is 1. The Balaban J connectivity index is 2.07. The number of hydrogen-bond donors (Lipinski definition) is 0. The summed E-state index contributed by atoms with van der Waals surface area (Å²) in [5.41, 5.74) is 2.97. The van der Waals surface area contributed by atoms with Crippen LogP contribution in [-0.4, -0.2) is 20.5 Å². The second-order valence-corrected chi connectivity index (χ2v) is 5.10. The van der Waals surface area contributed by atoms with Crippen LogP contribution in [0, 0.1) is 6.92 Å². The lowest BCUT2D eigenvalue weighted by atomic mass is 9.85. The van der Waals surface area contributed by atoms with Gasteiger partial charge in [0.05, 0.1) is 22.8 Å². The molecule has 0 bridgehead atoms. The molecule has 1 saturated carbocycles. The Morgan fingerprint density at radius 3 is 3.00 bits per heavy atom. The molecule has 18 heavy (non-hydrogen) atoms. The van der Waals surface area contributed by atoms with Gasteiger partial charge in [0.15, 0.2) is 0 Å². The van der Waals surface area contributed by atoms with E-state index in [4.69, 9.17) is 0 Å². The van der Waals surface area contributed by atoms with E-state index in [-0.39, 0.29) is 5.92 Å². The summed E-state index contributed by atoms with van der Waals surface area (Å²) in [6, 6.07) is 2.03. The van der Waals surface area contributed by atoms with Crippen LogP contribution in [0.1, 0.15) is 43.0 Å². The number of nitrogens with zero attached hydrogens (tertiary/aromatic N) is 3. The first-order valence-corrected chi connectivity index (χ1v) is 6.49. The molecule has 4 nitrogen and oxygen atoms in total. The first kappa shape index (κ1) is 11.4. The van der Waals surface area contributed by atoms with Crippen molar-refractivity contribution in [1.82, 2.24) is 14.8 Å². The van der Waals surface area contributed by atoms with Gasteiger partial charge < -0.3 is 0 Å². The first-order chi connectivity index (χ1) is 8.66. The zero-order chi connectivity index (χ0) is 12.7. The monoisotopic (exact) mass is 243 g/mol. The zero-order valence-corrected chi connectivity index (χ0v) is 10.8. The molecule has 2 heterocycles. The lowest BCUT2D eigenvalue weighted by Crippen LogP contribution is -2.18. The van der Waals surface area contributed by atoms with Crippen molar-refractivity contribution in [2.45, 2.75) is 38.5 Å². The van der Waals surface area contributed by atoms with Crippen molar-refractivity contribution in [2.75, 3.05) is 0 Å². The van der Waals surface area contributed by atoms with Crippen LogP contribution in [0.3, 0.4) is 0 Å². The SMILES string of the molecule is Cc1nn(C)c2cc(C3CCCCC3=O)ncc12. The largest absolute Gasteiger partial charge is 0.299 e. The van der Waals surface area contributed by atoms with Crippen LogP contribution in [0.5, 0.6) is 0 Å². The third kappa shape index (κ3) is 1.72. The van der Waals surface area contributed by atoms with Crippen LogP contribution in [0.15, 0.2) is 12.3 Å². The highest BCUT2D eigenvalue weighted by molar-refractivity contribution is 5.88. The Morgan fingerprint density at radius 1 is 1.39 bits per heavy atom. The minimum absolute atomic E-state index is 0.00152. The number of carbonyl (C=O) groups is 1. The summed E-state index contributed by atoms with van der Waals surface area (Å²) < 4.78 is 1.86. The van der Waals surface area contributed by atoms with Gasteiger partial charge >= 0.3 is 0 Å². The Bertz CT molecular complexity index is 615. The van der Waals surface area contributed by atoms with Gasteiger partial charge in [0.2, 0.25) is 0 Å². The highest BCUT2D eigenvalue weighted by Crippen LogP contribution is 2.30. The van der Waals surface area contributed by atoms with Gasteiger partial charge in [-0.05, 0) is 25.8 Å². The molecule has 1 aliphatic rings. The number of rotatable bonds is 1. The molecule has 0 spiro atoms. The average molecular weight is 243 g/mol. The van der Waals surface area contributed by atoms with Crippen molar-refractivity contribution in [3.05, 3.63) is 23.7 Å². The maximum Gasteiger partial charge on any atom is 0.141 e. The zero-order valence-electron chi connectivity index (χ0n) is 10.8. The smallest absolute Gasteiger partial charge is 0.141 e. The number of pyridine rings is 1. The fraction of sp³-hybridized carbons (Fsp3) is 0.500. The molecule has 0 radical (unpaired) electrons. The number of fused-ring (bicyclic) bond motifs is 1. The van der Waals surface area contributed by atoms with Crippen molar-refractivity contribution in [3.63, 3.8) is 0 Å². The van der Waals surface area contributed by atoms with Gasteiger partial charge in [0.25, 0.3) is 0 Å². The summed E-state index contributed by atoms with van der Waals surface area (Å²) in [5.74, 6) is 0.338. The summed E-state index contributed by atoms with van der Waals surface area (Å²) in [7, 11) is 1.93. The molecule has 2 aromatic rings. The quantitative estimate of drug-likeness (QED) is 0.773. The highest BCUT2D eigenvalue weighted by atomic mass is 16.1. The van der Waals surface area contributed by atoms with E-state index in [1.807, 2.05) is 30.9 Å². The van der Waals surface area contributed by atoms with Crippen molar-refractivity contribution >= 4 is 16.7 Å². The summed E-state index contributed by atoms with van der Waals surface area (Å²) >= 11 is 0. The minimum Gasteiger partial charge on any atom is -0.299 e. The van der Waals surface area contributed by atoms with E-state index in [1.54, 1.807) is 0 Å². The van der Waals surface area contributed by atoms with Crippen LogP contribution in [0.2, 0.25) is 0 Å². The number of aryl methyl sites for hydroxylation is 2. The maximum atomic E-state index is 12.0. The first-order valence-electron chi connectivity index (χ1n) is 6.49. The van der Waals surface area contributed by atoms with E-state index in [0.29, 0.717) is 12.2 Å². The maximum absolute atomic E-state index is 12.0. The van der Waals surface area contributed by atoms with Crippen molar-refractivity contribution in [1.29, 1.82) is 0 Å². The van der Waals surface area contributed by atoms with Crippen molar-refractivity contribution in [2.24, 2.45) is 7.05 Å². The van der Waals surface area contributed by atoms with Crippen molar-refractivity contribution in [3.8, 4) is 0 Å². The molecule has 1 unspecified atom stereocenters. The Hall–Kier alpha value is -1.71. The van der Waals surface area contributed by atoms with Crippen LogP contribution in [-0.2, 0) is 11.8 Å². The van der Waals surface area contributed by atoms with Gasteiger partial charge in [0.1, 0.15) is 5.78 Å². The standard InChI is InChI=1S/C14H17N3O/c1-9-11-8-15-12(7-13(11)17(2)16-9)10-5-3-4-6-14(10)18/h7-8,10H,3-6H2,1-2H3. The summed E-state index contributed by atoms with van der Waals surface area (Å²) in [6.45, 7) is 1.98. The predicted molar refractivity (Wildman–Crippen MR) is 69.5 cm³/mol. The van der Waals surface area contributed by atoms with Crippen LogP contribution in [0.4, 0.5) is 0 Å². The fourth-order valence-corrected chi connectivity index (χ4v) is 2.83. The van der Waals surface area contributed by atoms with Crippen LogP contribution >= 0.6 is 0 Å². The Kier molecular flexibility index (Phi) is 2.65. The summed E-state index contributed by atoms with van der Waals surface area (Å²) in [6.07, 6.45) is 5.65. The van der Waals surface area contributed by atoms with Gasteiger partial charge in [-0.3, -0.25) is 14.5 Å². The minimum atomic E-state index is -0.00152. The molecule has 0 saturated heterocycles. The second-order valence-electron chi connectivity index (χ2n) is 5.10. The molecule has 0 amide bonds. The molecule has 3 rings (SSSR count). The van der Waals surface area contributed by atoms with E-state index >= 15 is 0 Å². The normalized spacial score (nSPS) is 20.6. The third-order valence-electron chi connectivity index (χ3n) is 3.85. The molecular formula is C14H17N3O. The van der Waals surface area contributed by atoms with E-state index in [2.05, 4.69) is 10.1 Å². The highest BCUT2D eigenvalue weighted by Gasteiger charge is 2.25. The van der Waals surface area contributed by atoms with E-state index in [9.17, 15) is 4.79 Å². The van der Waals surface area contributed by atoms with Gasteiger partial charge in [-0.15, -0.1) is 0 Å². The third-order valence-corrected chi connectivity index (χ3v) is 3.85. The number of aromatic nitrogens is 3. The van der Waals surface area contributed by atoms with Crippen molar-refractivity contribution < 1.29 is 4.79 Å². The molecular weight excluding hydrogens is 226 g/mol. The molecule has 0 N–H and O–H groups in total. The Labute approximate surface area is 106 Å². The molecule has 1 fully saturated rings. The molecule has 0 aromatic carbocycles. The molecule has 94 valence electrons. The molecule has 2 aromatic heterocycles. The van der Waals surface area contributed by atoms with Crippen LogP contribution in [0.25, 0.3) is 10.9 Å². The summed E-state index contributed by atoms with van der Waals surface area (Å²) in [5, 5.41) is 5.46. The molecule has 1 atom stereocenters. The van der Waals surface area contributed by atoms with E-state index in [1.165, 1.54) is 0 Å². The average Bonchev–Trinajstić information content (AvgIpc) is 2.65. The number of ketones is 1. The fourth-order valence-electron chi connectivity index (χ4n) is 2.83. The summed E-state index contributed by atoms with van der Waals surface area (Å²) in [4.78, 5) is 16.4.